The van der Waals surface area contributed by atoms with E-state index in [2.05, 4.69) is 15.9 Å². The first-order chi connectivity index (χ1) is 8.56. The molecule has 0 amide bonds. The summed E-state index contributed by atoms with van der Waals surface area (Å²) in [5.41, 5.74) is 2.88. The van der Waals surface area contributed by atoms with Crippen molar-refractivity contribution >= 4 is 15.9 Å². The lowest BCUT2D eigenvalue weighted by molar-refractivity contribution is 0.178. The van der Waals surface area contributed by atoms with Gasteiger partial charge >= 0.3 is 0 Å². The van der Waals surface area contributed by atoms with Crippen LogP contribution in [0.4, 0.5) is 4.39 Å². The fourth-order valence-corrected chi connectivity index (χ4v) is 2.08. The molecule has 0 aromatic heterocycles. The number of aliphatic hydroxyl groups excluding tert-OH is 1. The maximum Gasteiger partial charge on any atom is 0.123 e. The van der Waals surface area contributed by atoms with Gasteiger partial charge in [-0.05, 0) is 41.8 Å². The number of halogens is 2. The van der Waals surface area contributed by atoms with Crippen LogP contribution >= 0.6 is 15.9 Å². The summed E-state index contributed by atoms with van der Waals surface area (Å²) in [5.74, 6) is -0.257. The van der Waals surface area contributed by atoms with Gasteiger partial charge in [-0.25, -0.2) is 4.39 Å². The highest BCUT2D eigenvalue weighted by Crippen LogP contribution is 2.23. The van der Waals surface area contributed by atoms with E-state index in [1.54, 1.807) is 12.1 Å². The Hall–Kier alpha value is -1.19. The van der Waals surface area contributed by atoms with Crippen LogP contribution in [0.15, 0.2) is 46.9 Å². The molecule has 2 aromatic rings. The quantitative estimate of drug-likeness (QED) is 0.902. The first-order valence-electron chi connectivity index (χ1n) is 5.75. The topological polar surface area (TPSA) is 20.2 Å². The minimum absolute atomic E-state index is 0.257. The van der Waals surface area contributed by atoms with Gasteiger partial charge in [-0.1, -0.05) is 40.2 Å². The van der Waals surface area contributed by atoms with E-state index in [0.717, 1.165) is 21.2 Å². The van der Waals surface area contributed by atoms with Crippen molar-refractivity contribution in [3.8, 4) is 0 Å². The fourth-order valence-electron chi connectivity index (χ4n) is 1.84. The molecular weight excluding hydrogens is 295 g/mol. The molecule has 1 nitrogen and oxygen atoms in total. The van der Waals surface area contributed by atoms with Gasteiger partial charge < -0.3 is 5.11 Å². The Morgan fingerprint density at radius 2 is 1.83 bits per heavy atom. The molecule has 1 N–H and O–H groups in total. The zero-order valence-corrected chi connectivity index (χ0v) is 11.6. The fraction of sp³-hybridized carbons (Fsp3) is 0.200. The maximum absolute atomic E-state index is 12.8. The lowest BCUT2D eigenvalue weighted by Crippen LogP contribution is -2.02. The predicted molar refractivity (Wildman–Crippen MR) is 73.9 cm³/mol. The molecular formula is C15H14BrFO. The highest BCUT2D eigenvalue weighted by atomic mass is 79.9. The summed E-state index contributed by atoms with van der Waals surface area (Å²) in [4.78, 5) is 0. The molecule has 0 spiro atoms. The van der Waals surface area contributed by atoms with Gasteiger partial charge in [-0.3, -0.25) is 0 Å². The molecule has 94 valence electrons. The van der Waals surface area contributed by atoms with Crippen molar-refractivity contribution in [2.45, 2.75) is 19.4 Å². The number of aliphatic hydroxyl groups is 1. The van der Waals surface area contributed by atoms with Crippen LogP contribution < -0.4 is 0 Å². The SMILES string of the molecule is Cc1cc(C(O)Cc2ccc(F)cc2)ccc1Br. The third kappa shape index (κ3) is 3.18. The molecule has 1 unspecified atom stereocenters. The lowest BCUT2D eigenvalue weighted by atomic mass is 10.00. The summed E-state index contributed by atoms with van der Waals surface area (Å²) < 4.78 is 13.8. The molecule has 3 heteroatoms. The summed E-state index contributed by atoms with van der Waals surface area (Å²) in [5, 5.41) is 10.1. The van der Waals surface area contributed by atoms with Crippen LogP contribution in [0.25, 0.3) is 0 Å². The van der Waals surface area contributed by atoms with E-state index < -0.39 is 6.10 Å². The van der Waals surface area contributed by atoms with E-state index >= 15 is 0 Å². The van der Waals surface area contributed by atoms with Crippen LogP contribution in [0, 0.1) is 12.7 Å². The van der Waals surface area contributed by atoms with Crippen LogP contribution in [-0.2, 0) is 6.42 Å². The second-order valence-electron chi connectivity index (χ2n) is 4.36. The van der Waals surface area contributed by atoms with Gasteiger partial charge in [-0.2, -0.15) is 0 Å². The summed E-state index contributed by atoms with van der Waals surface area (Å²) in [6.45, 7) is 1.98. The molecule has 0 aliphatic rings. The zero-order chi connectivity index (χ0) is 13.1. The molecule has 1 atom stereocenters. The van der Waals surface area contributed by atoms with Gasteiger partial charge in [0.05, 0.1) is 6.10 Å². The number of benzene rings is 2. The Morgan fingerprint density at radius 3 is 2.44 bits per heavy atom. The van der Waals surface area contributed by atoms with Crippen LogP contribution in [0.3, 0.4) is 0 Å². The van der Waals surface area contributed by atoms with Crippen LogP contribution in [0.2, 0.25) is 0 Å². The molecule has 0 saturated heterocycles. The van der Waals surface area contributed by atoms with Crippen LogP contribution in [0.1, 0.15) is 22.8 Å². The van der Waals surface area contributed by atoms with Crippen molar-refractivity contribution < 1.29 is 9.50 Å². The minimum Gasteiger partial charge on any atom is -0.388 e. The van der Waals surface area contributed by atoms with Crippen molar-refractivity contribution in [3.63, 3.8) is 0 Å². The average Bonchev–Trinajstić information content (AvgIpc) is 2.35. The van der Waals surface area contributed by atoms with Crippen molar-refractivity contribution in [1.82, 2.24) is 0 Å². The van der Waals surface area contributed by atoms with E-state index in [9.17, 15) is 9.50 Å². The first-order valence-corrected chi connectivity index (χ1v) is 6.54. The second-order valence-corrected chi connectivity index (χ2v) is 5.21. The Kier molecular flexibility index (Phi) is 4.15. The number of aryl methyl sites for hydroxylation is 1. The van der Waals surface area contributed by atoms with Gasteiger partial charge in [0.15, 0.2) is 0 Å². The summed E-state index contributed by atoms with van der Waals surface area (Å²) in [6, 6.07) is 12.0. The zero-order valence-electron chi connectivity index (χ0n) is 10.0. The van der Waals surface area contributed by atoms with Crippen LogP contribution in [0.5, 0.6) is 0 Å². The monoisotopic (exact) mass is 308 g/mol. The molecule has 2 aromatic carbocycles. The second kappa shape index (κ2) is 5.63. The highest BCUT2D eigenvalue weighted by Gasteiger charge is 2.09. The van der Waals surface area contributed by atoms with Crippen molar-refractivity contribution in [1.29, 1.82) is 0 Å². The molecule has 0 aliphatic carbocycles. The van der Waals surface area contributed by atoms with Crippen molar-refractivity contribution in [2.24, 2.45) is 0 Å². The van der Waals surface area contributed by atoms with Crippen molar-refractivity contribution in [2.75, 3.05) is 0 Å². The van der Waals surface area contributed by atoms with Crippen molar-refractivity contribution in [3.05, 3.63) is 69.4 Å². The largest absolute Gasteiger partial charge is 0.388 e. The van der Waals surface area contributed by atoms with E-state index in [-0.39, 0.29) is 5.82 Å². The van der Waals surface area contributed by atoms with Gasteiger partial charge in [-0.15, -0.1) is 0 Å². The Labute approximate surface area is 114 Å². The molecule has 18 heavy (non-hydrogen) atoms. The normalized spacial score (nSPS) is 12.4. The Morgan fingerprint density at radius 1 is 1.17 bits per heavy atom. The minimum atomic E-state index is -0.567. The molecule has 0 aliphatic heterocycles. The Bertz CT molecular complexity index is 537. The van der Waals surface area contributed by atoms with E-state index in [1.165, 1.54) is 12.1 Å². The molecule has 0 radical (unpaired) electrons. The number of hydrogen-bond donors (Lipinski definition) is 1. The number of rotatable bonds is 3. The first kappa shape index (κ1) is 13.2. The average molecular weight is 309 g/mol. The third-order valence-corrected chi connectivity index (χ3v) is 3.80. The van der Waals surface area contributed by atoms with E-state index in [1.807, 2.05) is 25.1 Å². The standard InChI is InChI=1S/C15H14BrFO/c1-10-8-12(4-7-14(10)16)15(18)9-11-2-5-13(17)6-3-11/h2-8,15,18H,9H2,1H3. The van der Waals surface area contributed by atoms with Gasteiger partial charge in [0.1, 0.15) is 5.82 Å². The maximum atomic E-state index is 12.8. The van der Waals surface area contributed by atoms with Gasteiger partial charge in [0.25, 0.3) is 0 Å². The smallest absolute Gasteiger partial charge is 0.123 e. The van der Waals surface area contributed by atoms with Gasteiger partial charge in [0, 0.05) is 10.9 Å². The Balaban J connectivity index is 2.13. The molecule has 2 rings (SSSR count). The number of hydrogen-bond acceptors (Lipinski definition) is 1. The van der Waals surface area contributed by atoms with E-state index in [4.69, 9.17) is 0 Å². The summed E-state index contributed by atoms with van der Waals surface area (Å²) in [6.07, 6.45) is -0.0799. The predicted octanol–water partition coefficient (Wildman–Crippen LogP) is 4.17. The molecule has 0 fully saturated rings. The highest BCUT2D eigenvalue weighted by molar-refractivity contribution is 9.10. The summed E-state index contributed by atoms with van der Waals surface area (Å²) >= 11 is 3.43. The molecule has 0 bridgehead atoms. The van der Waals surface area contributed by atoms with E-state index in [0.29, 0.717) is 6.42 Å². The molecule has 0 heterocycles. The van der Waals surface area contributed by atoms with Crippen LogP contribution in [-0.4, -0.2) is 5.11 Å². The van der Waals surface area contributed by atoms with Gasteiger partial charge in [0.2, 0.25) is 0 Å². The molecule has 0 saturated carbocycles. The third-order valence-electron chi connectivity index (χ3n) is 2.91. The summed E-state index contributed by atoms with van der Waals surface area (Å²) in [7, 11) is 0. The lowest BCUT2D eigenvalue weighted by Gasteiger charge is -2.12.